The van der Waals surface area contributed by atoms with Crippen LogP contribution in [0.2, 0.25) is 0 Å². The Balaban J connectivity index is 1.55. The molecule has 0 saturated heterocycles. The average molecular weight is 327 g/mol. The number of rotatable bonds is 6. The number of carbonyl (C=O) groups excluding carboxylic acids is 1. The molecule has 0 spiro atoms. The third-order valence-corrected chi connectivity index (χ3v) is 4.81. The molecular formula is C17H21N5O2. The van der Waals surface area contributed by atoms with Crippen molar-refractivity contribution in [3.63, 3.8) is 0 Å². The highest BCUT2D eigenvalue weighted by Crippen LogP contribution is 2.35. The molecule has 126 valence electrons. The van der Waals surface area contributed by atoms with Gasteiger partial charge in [-0.05, 0) is 41.3 Å². The number of hydrogen-bond acceptors (Lipinski definition) is 6. The lowest BCUT2D eigenvalue weighted by atomic mass is 9.95. The molecule has 1 aromatic heterocycles. The van der Waals surface area contributed by atoms with Crippen molar-refractivity contribution in [2.75, 3.05) is 6.61 Å². The quantitative estimate of drug-likeness (QED) is 0.803. The van der Waals surface area contributed by atoms with Gasteiger partial charge in [0.15, 0.2) is 5.82 Å². The second kappa shape index (κ2) is 5.98. The number of nitrogens with one attached hydrogen (secondary N) is 1. The summed E-state index contributed by atoms with van der Waals surface area (Å²) in [5, 5.41) is 15.4. The van der Waals surface area contributed by atoms with Gasteiger partial charge in [0.2, 0.25) is 0 Å². The number of tetrazole rings is 1. The number of benzene rings is 1. The molecule has 0 bridgehead atoms. The Kier molecular flexibility index (Phi) is 3.80. The van der Waals surface area contributed by atoms with E-state index in [1.165, 1.54) is 11.1 Å². The van der Waals surface area contributed by atoms with Crippen molar-refractivity contribution in [2.24, 2.45) is 0 Å². The largest absolute Gasteiger partial charge is 0.465 e. The van der Waals surface area contributed by atoms with Gasteiger partial charge in [-0.1, -0.05) is 24.3 Å². The molecule has 0 unspecified atom stereocenters. The molecule has 0 aliphatic heterocycles. The van der Waals surface area contributed by atoms with Crippen LogP contribution in [-0.4, -0.2) is 38.3 Å². The number of ether oxygens (including phenoxy) is 1. The molecule has 4 rings (SSSR count). The molecular weight excluding hydrogens is 306 g/mol. The second-order valence-electron chi connectivity index (χ2n) is 6.55. The number of aromatic nitrogens is 4. The van der Waals surface area contributed by atoms with Crippen LogP contribution in [0.4, 0.5) is 0 Å². The van der Waals surface area contributed by atoms with Gasteiger partial charge in [-0.2, -0.15) is 0 Å². The molecule has 1 heterocycles. The van der Waals surface area contributed by atoms with E-state index in [0.717, 1.165) is 18.7 Å². The number of esters is 1. The lowest BCUT2D eigenvalue weighted by Crippen LogP contribution is -2.53. The van der Waals surface area contributed by atoms with E-state index in [0.29, 0.717) is 32.0 Å². The average Bonchev–Trinajstić information content (AvgIpc) is 3.19. The Morgan fingerprint density at radius 2 is 2.04 bits per heavy atom. The van der Waals surface area contributed by atoms with Crippen LogP contribution in [0.3, 0.4) is 0 Å². The summed E-state index contributed by atoms with van der Waals surface area (Å²) in [4.78, 5) is 12.7. The normalized spacial score (nSPS) is 18.4. The minimum atomic E-state index is -0.736. The van der Waals surface area contributed by atoms with Gasteiger partial charge in [0.05, 0.1) is 19.2 Å². The van der Waals surface area contributed by atoms with Crippen LogP contribution >= 0.6 is 0 Å². The van der Waals surface area contributed by atoms with Crippen LogP contribution in [0, 0.1) is 0 Å². The van der Waals surface area contributed by atoms with Crippen LogP contribution in [0.5, 0.6) is 0 Å². The Hall–Kier alpha value is -2.28. The van der Waals surface area contributed by atoms with E-state index >= 15 is 0 Å². The van der Waals surface area contributed by atoms with Gasteiger partial charge in [-0.3, -0.25) is 10.1 Å². The molecule has 1 saturated carbocycles. The minimum absolute atomic E-state index is 0.202. The Morgan fingerprint density at radius 3 is 2.67 bits per heavy atom. The van der Waals surface area contributed by atoms with Crippen molar-refractivity contribution in [2.45, 2.75) is 50.7 Å². The van der Waals surface area contributed by atoms with Crippen molar-refractivity contribution in [1.82, 2.24) is 25.5 Å². The molecule has 1 N–H and O–H groups in total. The van der Waals surface area contributed by atoms with Crippen molar-refractivity contribution in [1.29, 1.82) is 0 Å². The molecule has 1 fully saturated rings. The van der Waals surface area contributed by atoms with Crippen LogP contribution < -0.4 is 5.32 Å². The van der Waals surface area contributed by atoms with Gasteiger partial charge in [0, 0.05) is 12.8 Å². The fourth-order valence-electron chi connectivity index (χ4n) is 3.41. The maximum Gasteiger partial charge on any atom is 0.327 e. The van der Waals surface area contributed by atoms with Crippen LogP contribution in [0.15, 0.2) is 24.3 Å². The van der Waals surface area contributed by atoms with Gasteiger partial charge >= 0.3 is 5.97 Å². The van der Waals surface area contributed by atoms with Gasteiger partial charge in [0.25, 0.3) is 0 Å². The van der Waals surface area contributed by atoms with Gasteiger partial charge in [-0.25, -0.2) is 4.68 Å². The van der Waals surface area contributed by atoms with Crippen LogP contribution in [0.1, 0.15) is 42.8 Å². The summed E-state index contributed by atoms with van der Waals surface area (Å²) in [5.74, 6) is 0.573. The van der Waals surface area contributed by atoms with E-state index in [1.807, 2.05) is 23.7 Å². The van der Waals surface area contributed by atoms with Crippen molar-refractivity contribution in [3.05, 3.63) is 41.2 Å². The molecule has 2 aromatic rings. The lowest BCUT2D eigenvalue weighted by molar-refractivity contribution is -0.151. The predicted molar refractivity (Wildman–Crippen MR) is 86.1 cm³/mol. The van der Waals surface area contributed by atoms with Gasteiger partial charge < -0.3 is 4.74 Å². The smallest absolute Gasteiger partial charge is 0.327 e. The van der Waals surface area contributed by atoms with Crippen molar-refractivity contribution in [3.8, 4) is 0 Å². The van der Waals surface area contributed by atoms with Crippen molar-refractivity contribution >= 4 is 5.97 Å². The number of fused-ring (bicyclic) bond motifs is 1. The lowest BCUT2D eigenvalue weighted by Gasteiger charge is -2.27. The Bertz CT molecular complexity index is 728. The highest BCUT2D eigenvalue weighted by Gasteiger charge is 2.45. The van der Waals surface area contributed by atoms with E-state index in [-0.39, 0.29) is 5.97 Å². The fraction of sp³-hybridized carbons (Fsp3) is 0.529. The molecule has 7 nitrogen and oxygen atoms in total. The molecule has 2 aliphatic rings. The molecule has 7 heteroatoms. The van der Waals surface area contributed by atoms with Crippen LogP contribution in [0.25, 0.3) is 0 Å². The first-order valence-corrected chi connectivity index (χ1v) is 8.47. The first-order valence-electron chi connectivity index (χ1n) is 8.47. The number of hydrogen-bond donors (Lipinski definition) is 1. The summed E-state index contributed by atoms with van der Waals surface area (Å²) in [7, 11) is 0. The summed E-state index contributed by atoms with van der Waals surface area (Å²) >= 11 is 0. The molecule has 2 aliphatic carbocycles. The third kappa shape index (κ3) is 2.69. The van der Waals surface area contributed by atoms with E-state index in [1.54, 1.807) is 0 Å². The van der Waals surface area contributed by atoms with E-state index in [2.05, 4.69) is 33.0 Å². The first-order chi connectivity index (χ1) is 11.7. The summed E-state index contributed by atoms with van der Waals surface area (Å²) < 4.78 is 7.23. The van der Waals surface area contributed by atoms with Gasteiger partial charge in [-0.15, -0.1) is 5.10 Å². The Labute approximate surface area is 140 Å². The molecule has 1 aromatic carbocycles. The van der Waals surface area contributed by atoms with Crippen molar-refractivity contribution < 1.29 is 9.53 Å². The zero-order valence-electron chi connectivity index (χ0n) is 13.7. The van der Waals surface area contributed by atoms with E-state index < -0.39 is 5.54 Å². The SMILES string of the molecule is CCOC(=O)C1(NCc2nnnn2C2CC2)Cc2ccccc2C1. The van der Waals surface area contributed by atoms with E-state index in [4.69, 9.17) is 4.74 Å². The number of carbonyl (C=O) groups is 1. The fourth-order valence-corrected chi connectivity index (χ4v) is 3.41. The molecule has 0 amide bonds. The predicted octanol–water partition coefficient (Wildman–Crippen LogP) is 1.20. The topological polar surface area (TPSA) is 81.9 Å². The Morgan fingerprint density at radius 1 is 1.33 bits per heavy atom. The first kappa shape index (κ1) is 15.3. The second-order valence-corrected chi connectivity index (χ2v) is 6.55. The summed E-state index contributed by atoms with van der Waals surface area (Å²) in [6.07, 6.45) is 3.50. The van der Waals surface area contributed by atoms with E-state index in [9.17, 15) is 4.79 Å². The molecule has 24 heavy (non-hydrogen) atoms. The zero-order chi connectivity index (χ0) is 16.6. The highest BCUT2D eigenvalue weighted by molar-refractivity contribution is 5.83. The maximum absolute atomic E-state index is 12.7. The minimum Gasteiger partial charge on any atom is -0.465 e. The van der Waals surface area contributed by atoms with Crippen LogP contribution in [-0.2, 0) is 28.9 Å². The zero-order valence-corrected chi connectivity index (χ0v) is 13.7. The van der Waals surface area contributed by atoms with Gasteiger partial charge in [0.1, 0.15) is 5.54 Å². The third-order valence-electron chi connectivity index (χ3n) is 4.81. The standard InChI is InChI=1S/C17H21N5O2/c1-2-24-16(23)17(9-12-5-3-4-6-13(12)10-17)18-11-15-19-20-21-22(15)14-7-8-14/h3-6,14,18H,2,7-11H2,1H3. The summed E-state index contributed by atoms with van der Waals surface area (Å²) in [6, 6.07) is 8.58. The summed E-state index contributed by atoms with van der Waals surface area (Å²) in [5.41, 5.74) is 1.65. The molecule has 0 atom stereocenters. The highest BCUT2D eigenvalue weighted by atomic mass is 16.5. The monoisotopic (exact) mass is 327 g/mol. The number of nitrogens with zero attached hydrogens (tertiary/aromatic N) is 4. The summed E-state index contributed by atoms with van der Waals surface area (Å²) in [6.45, 7) is 2.66. The molecule has 0 radical (unpaired) electrons. The maximum atomic E-state index is 12.7.